The van der Waals surface area contributed by atoms with Crippen LogP contribution in [0.2, 0.25) is 5.02 Å². The number of nitro benzene ring substituents is 1. The van der Waals surface area contributed by atoms with Crippen molar-refractivity contribution >= 4 is 45.5 Å². The smallest absolute Gasteiger partial charge is 0.270 e. The van der Waals surface area contributed by atoms with Gasteiger partial charge in [-0.15, -0.1) is 0 Å². The van der Waals surface area contributed by atoms with Gasteiger partial charge >= 0.3 is 0 Å². The normalized spacial score (nSPS) is 10.7. The van der Waals surface area contributed by atoms with E-state index in [0.29, 0.717) is 27.2 Å². The lowest BCUT2D eigenvalue weighted by molar-refractivity contribution is -0.384. The van der Waals surface area contributed by atoms with Crippen molar-refractivity contribution in [2.24, 2.45) is 0 Å². The Hall–Kier alpha value is -3.97. The van der Waals surface area contributed by atoms with E-state index in [1.165, 1.54) is 24.3 Å². The maximum atomic E-state index is 13.0. The van der Waals surface area contributed by atoms with Gasteiger partial charge in [-0.05, 0) is 36.4 Å². The van der Waals surface area contributed by atoms with Crippen LogP contribution in [0, 0.1) is 10.1 Å². The van der Waals surface area contributed by atoms with Crippen molar-refractivity contribution in [2.75, 3.05) is 11.9 Å². The molecule has 4 aromatic rings. The summed E-state index contributed by atoms with van der Waals surface area (Å²) in [6.07, 6.45) is 0. The molecule has 1 N–H and O–H groups in total. The highest BCUT2D eigenvalue weighted by atomic mass is 35.5. The second-order valence-electron chi connectivity index (χ2n) is 6.72. The summed E-state index contributed by atoms with van der Waals surface area (Å²) in [5.41, 5.74) is 1.29. The summed E-state index contributed by atoms with van der Waals surface area (Å²) in [6, 6.07) is 19.0. The number of fused-ring (bicyclic) bond motifs is 1. The summed E-state index contributed by atoms with van der Waals surface area (Å²) in [5.74, 6) is -0.660. The number of non-ortho nitro benzene ring substituents is 1. The van der Waals surface area contributed by atoms with Crippen molar-refractivity contribution in [1.82, 2.24) is 0 Å². The number of hydrogen-bond donors (Lipinski definition) is 1. The van der Waals surface area contributed by atoms with Gasteiger partial charge in [0, 0.05) is 33.7 Å². The van der Waals surface area contributed by atoms with Gasteiger partial charge in [-0.2, -0.15) is 0 Å². The van der Waals surface area contributed by atoms with Crippen LogP contribution in [0.25, 0.3) is 11.0 Å². The molecular formula is C23H15ClN2O5. The van der Waals surface area contributed by atoms with Crippen molar-refractivity contribution in [3.63, 3.8) is 0 Å². The van der Waals surface area contributed by atoms with Crippen molar-refractivity contribution in [1.29, 1.82) is 0 Å². The Morgan fingerprint density at radius 3 is 2.45 bits per heavy atom. The number of hydrogen-bond acceptors (Lipinski definition) is 6. The second-order valence-corrected chi connectivity index (χ2v) is 7.16. The van der Waals surface area contributed by atoms with Gasteiger partial charge in [0.1, 0.15) is 5.58 Å². The first-order chi connectivity index (χ1) is 14.9. The summed E-state index contributed by atoms with van der Waals surface area (Å²) < 4.78 is 5.79. The van der Waals surface area contributed by atoms with Crippen LogP contribution >= 0.6 is 11.6 Å². The molecule has 7 nitrogen and oxygen atoms in total. The number of benzene rings is 3. The van der Waals surface area contributed by atoms with E-state index >= 15 is 0 Å². The van der Waals surface area contributed by atoms with Crippen LogP contribution in [0.1, 0.15) is 26.5 Å². The monoisotopic (exact) mass is 434 g/mol. The van der Waals surface area contributed by atoms with Crippen LogP contribution in [0.5, 0.6) is 0 Å². The molecule has 0 fully saturated rings. The third-order valence-corrected chi connectivity index (χ3v) is 4.96. The zero-order valence-electron chi connectivity index (χ0n) is 16.0. The molecule has 0 unspecified atom stereocenters. The molecule has 154 valence electrons. The summed E-state index contributed by atoms with van der Waals surface area (Å²) in [6.45, 7) is -0.175. The molecule has 0 spiro atoms. The molecule has 0 saturated carbocycles. The topological polar surface area (TPSA) is 102 Å². The molecule has 4 rings (SSSR count). The fourth-order valence-corrected chi connectivity index (χ4v) is 3.30. The standard InChI is InChI=1S/C23H15ClN2O5/c24-16-10-8-14(9-11-16)22(28)23-21(18-6-1-2-7-20(18)31-23)25-13-19(27)15-4-3-5-17(12-15)26(29)30/h1-12,25H,13H2. The molecule has 0 amide bonds. The quantitative estimate of drug-likeness (QED) is 0.233. The van der Waals surface area contributed by atoms with E-state index in [9.17, 15) is 19.7 Å². The van der Waals surface area contributed by atoms with Gasteiger partial charge in [0.05, 0.1) is 17.2 Å². The van der Waals surface area contributed by atoms with E-state index in [1.54, 1.807) is 48.5 Å². The molecule has 0 saturated heterocycles. The number of nitrogens with zero attached hydrogens (tertiary/aromatic N) is 1. The molecule has 0 aliphatic carbocycles. The lowest BCUT2D eigenvalue weighted by Crippen LogP contribution is -2.15. The molecule has 1 heterocycles. The Kier molecular flexibility index (Phi) is 5.51. The van der Waals surface area contributed by atoms with Gasteiger partial charge in [0.2, 0.25) is 5.78 Å². The fraction of sp³-hybridized carbons (Fsp3) is 0.0435. The first-order valence-corrected chi connectivity index (χ1v) is 9.65. The number of nitrogens with one attached hydrogen (secondary N) is 1. The maximum absolute atomic E-state index is 13.0. The fourth-order valence-electron chi connectivity index (χ4n) is 3.18. The Morgan fingerprint density at radius 2 is 1.71 bits per heavy atom. The highest BCUT2D eigenvalue weighted by molar-refractivity contribution is 6.30. The first-order valence-electron chi connectivity index (χ1n) is 9.27. The van der Waals surface area contributed by atoms with Crippen LogP contribution < -0.4 is 5.32 Å². The van der Waals surface area contributed by atoms with E-state index in [0.717, 1.165) is 0 Å². The number of furan rings is 1. The van der Waals surface area contributed by atoms with E-state index < -0.39 is 4.92 Å². The predicted molar refractivity (Wildman–Crippen MR) is 117 cm³/mol. The van der Waals surface area contributed by atoms with Gasteiger partial charge in [-0.25, -0.2) is 0 Å². The molecule has 0 aliphatic heterocycles. The van der Waals surface area contributed by atoms with Crippen LogP contribution in [-0.4, -0.2) is 23.0 Å². The second kappa shape index (κ2) is 8.41. The number of nitro groups is 1. The number of carbonyl (C=O) groups excluding carboxylic acids is 2. The third kappa shape index (κ3) is 4.17. The number of anilines is 1. The Morgan fingerprint density at radius 1 is 0.968 bits per heavy atom. The van der Waals surface area contributed by atoms with Crippen LogP contribution in [0.4, 0.5) is 11.4 Å². The number of carbonyl (C=O) groups is 2. The van der Waals surface area contributed by atoms with E-state index in [4.69, 9.17) is 16.0 Å². The summed E-state index contributed by atoms with van der Waals surface area (Å²) in [4.78, 5) is 36.1. The number of rotatable bonds is 7. The minimum absolute atomic E-state index is 0.0652. The zero-order chi connectivity index (χ0) is 22.0. The summed E-state index contributed by atoms with van der Waals surface area (Å²) >= 11 is 5.90. The highest BCUT2D eigenvalue weighted by Crippen LogP contribution is 2.32. The van der Waals surface area contributed by atoms with Gasteiger partial charge in [-0.1, -0.05) is 35.9 Å². The lowest BCUT2D eigenvalue weighted by Gasteiger charge is -2.07. The minimum atomic E-state index is -0.559. The average molecular weight is 435 g/mol. The minimum Gasteiger partial charge on any atom is -0.450 e. The maximum Gasteiger partial charge on any atom is 0.270 e. The number of ketones is 2. The SMILES string of the molecule is O=C(CNc1c(C(=O)c2ccc(Cl)cc2)oc2ccccc12)c1cccc([N+](=O)[O-])c1. The molecule has 0 aliphatic rings. The average Bonchev–Trinajstić information content (AvgIpc) is 3.16. The summed E-state index contributed by atoms with van der Waals surface area (Å²) in [5, 5.41) is 15.1. The van der Waals surface area contributed by atoms with E-state index in [-0.39, 0.29) is 35.1 Å². The van der Waals surface area contributed by atoms with E-state index in [1.807, 2.05) is 0 Å². The summed E-state index contributed by atoms with van der Waals surface area (Å²) in [7, 11) is 0. The molecular weight excluding hydrogens is 420 g/mol. The van der Waals surface area contributed by atoms with E-state index in [2.05, 4.69) is 5.32 Å². The van der Waals surface area contributed by atoms with Gasteiger partial charge in [0.25, 0.3) is 5.69 Å². The van der Waals surface area contributed by atoms with Crippen molar-refractivity contribution in [3.8, 4) is 0 Å². The Labute approximate surface area is 181 Å². The largest absolute Gasteiger partial charge is 0.450 e. The molecule has 0 radical (unpaired) electrons. The molecule has 1 aromatic heterocycles. The number of para-hydroxylation sites is 1. The van der Waals surface area contributed by atoms with Crippen molar-refractivity contribution < 1.29 is 18.9 Å². The molecule has 31 heavy (non-hydrogen) atoms. The number of Topliss-reactive ketones (excluding diaryl/α,β-unsaturated/α-hetero) is 1. The molecule has 0 bridgehead atoms. The van der Waals surface area contributed by atoms with Crippen molar-refractivity contribution in [3.05, 3.63) is 105 Å². The van der Waals surface area contributed by atoms with Gasteiger partial charge in [-0.3, -0.25) is 19.7 Å². The Bertz CT molecular complexity index is 1310. The van der Waals surface area contributed by atoms with Crippen LogP contribution in [0.3, 0.4) is 0 Å². The van der Waals surface area contributed by atoms with Crippen LogP contribution in [-0.2, 0) is 0 Å². The highest BCUT2D eigenvalue weighted by Gasteiger charge is 2.22. The molecule has 8 heteroatoms. The Balaban J connectivity index is 1.65. The first kappa shape index (κ1) is 20.3. The lowest BCUT2D eigenvalue weighted by atomic mass is 10.1. The zero-order valence-corrected chi connectivity index (χ0v) is 16.8. The number of halogens is 1. The third-order valence-electron chi connectivity index (χ3n) is 4.71. The van der Waals surface area contributed by atoms with Crippen LogP contribution in [0.15, 0.2) is 77.2 Å². The van der Waals surface area contributed by atoms with Gasteiger partial charge in [0.15, 0.2) is 11.5 Å². The molecule has 3 aromatic carbocycles. The van der Waals surface area contributed by atoms with Gasteiger partial charge < -0.3 is 9.73 Å². The molecule has 0 atom stereocenters. The van der Waals surface area contributed by atoms with Crippen molar-refractivity contribution in [2.45, 2.75) is 0 Å². The predicted octanol–water partition coefficient (Wildman–Crippen LogP) is 5.52.